The van der Waals surface area contributed by atoms with E-state index in [4.69, 9.17) is 9.15 Å². The first-order valence-corrected chi connectivity index (χ1v) is 17.7. The highest BCUT2D eigenvalue weighted by molar-refractivity contribution is 6.10. The summed E-state index contributed by atoms with van der Waals surface area (Å²) in [5, 5.41) is 4.28. The summed E-state index contributed by atoms with van der Waals surface area (Å²) < 4.78 is 15.7. The van der Waals surface area contributed by atoms with Crippen LogP contribution in [0.3, 0.4) is 0 Å². The van der Waals surface area contributed by atoms with Crippen LogP contribution in [0.1, 0.15) is 11.1 Å². The van der Waals surface area contributed by atoms with Gasteiger partial charge in [-0.05, 0) is 94.0 Å². The molecule has 0 saturated carbocycles. The Morgan fingerprint density at radius 1 is 0.453 bits per heavy atom. The summed E-state index contributed by atoms with van der Waals surface area (Å²) in [6.45, 7) is 0. The molecule has 5 heteroatoms. The van der Waals surface area contributed by atoms with Gasteiger partial charge in [0.05, 0.1) is 11.0 Å². The zero-order chi connectivity index (χ0) is 34.9. The standard InChI is InChI=1S/C48H29N3O2/c1-2-10-34-30(9-1)16-17-31-18-19-32(33-20-21-42-38(26-33)41-29-49-24-22-43(41)51(42)48-15-7-8-23-50-48)25-37(31)40-28-46-39(36-12-4-6-14-45(36)53-46)27-47(40)52-44-13-5-3-11-35(34)44/h1-29H. The van der Waals surface area contributed by atoms with Crippen molar-refractivity contribution in [2.45, 2.75) is 0 Å². The van der Waals surface area contributed by atoms with Crippen LogP contribution in [0.2, 0.25) is 0 Å². The van der Waals surface area contributed by atoms with E-state index in [0.717, 1.165) is 106 Å². The van der Waals surface area contributed by atoms with Crippen LogP contribution in [-0.4, -0.2) is 14.5 Å². The van der Waals surface area contributed by atoms with Gasteiger partial charge in [0.15, 0.2) is 0 Å². The maximum Gasteiger partial charge on any atom is 0.137 e. The fourth-order valence-electron chi connectivity index (χ4n) is 7.90. The van der Waals surface area contributed by atoms with Gasteiger partial charge in [-0.15, -0.1) is 0 Å². The van der Waals surface area contributed by atoms with Gasteiger partial charge < -0.3 is 9.15 Å². The van der Waals surface area contributed by atoms with Crippen LogP contribution >= 0.6 is 0 Å². The minimum atomic E-state index is 0.766. The quantitative estimate of drug-likeness (QED) is 0.182. The van der Waals surface area contributed by atoms with Crippen molar-refractivity contribution in [3.05, 3.63) is 175 Å². The largest absolute Gasteiger partial charge is 0.456 e. The summed E-state index contributed by atoms with van der Waals surface area (Å²) in [5.41, 5.74) is 12.4. The number of ether oxygens (including phenoxy) is 1. The molecule has 0 amide bonds. The van der Waals surface area contributed by atoms with Gasteiger partial charge in [0, 0.05) is 51.3 Å². The number of benzene rings is 6. The molecule has 6 aromatic carbocycles. The molecule has 0 N–H and O–H groups in total. The first-order chi connectivity index (χ1) is 26.3. The van der Waals surface area contributed by atoms with E-state index >= 15 is 0 Å². The molecule has 0 atom stereocenters. The van der Waals surface area contributed by atoms with Crippen LogP contribution < -0.4 is 4.74 Å². The van der Waals surface area contributed by atoms with Crippen LogP contribution in [0, 0.1) is 0 Å². The lowest BCUT2D eigenvalue weighted by atomic mass is 9.92. The summed E-state index contributed by atoms with van der Waals surface area (Å²) in [6.07, 6.45) is 10.0. The number of rotatable bonds is 2. The number of furan rings is 1. The highest BCUT2D eigenvalue weighted by Crippen LogP contribution is 2.46. The first-order valence-electron chi connectivity index (χ1n) is 17.7. The van der Waals surface area contributed by atoms with Crippen LogP contribution in [0.25, 0.3) is 95.1 Å². The normalized spacial score (nSPS) is 12.2. The highest BCUT2D eigenvalue weighted by atomic mass is 16.5. The number of fused-ring (bicyclic) bond motifs is 12. The molecule has 0 radical (unpaired) electrons. The third kappa shape index (κ3) is 4.71. The topological polar surface area (TPSA) is 53.1 Å². The Kier molecular flexibility index (Phi) is 6.48. The number of aromatic nitrogens is 3. The van der Waals surface area contributed by atoms with Gasteiger partial charge in [-0.1, -0.05) is 97.1 Å². The van der Waals surface area contributed by atoms with Crippen LogP contribution in [0.5, 0.6) is 11.5 Å². The zero-order valence-electron chi connectivity index (χ0n) is 28.4. The SMILES string of the molecule is C1=Cc2ccc(-c3ccc4c(c3)c3cnccc3n4-c3ccccn3)cc2-c2cc3oc4ccccc4c3cc2Oc2ccccc2-c2ccccc21. The number of nitrogens with zero attached hydrogens (tertiary/aromatic N) is 3. The lowest BCUT2D eigenvalue weighted by Gasteiger charge is -2.17. The Balaban J connectivity index is 1.16. The van der Waals surface area contributed by atoms with Crippen molar-refractivity contribution in [3.8, 4) is 50.7 Å². The number of hydrogen-bond acceptors (Lipinski definition) is 4. The minimum Gasteiger partial charge on any atom is -0.456 e. The van der Waals surface area contributed by atoms with Gasteiger partial charge in [-0.3, -0.25) is 9.55 Å². The summed E-state index contributed by atoms with van der Waals surface area (Å²) in [4.78, 5) is 9.20. The van der Waals surface area contributed by atoms with E-state index in [0.29, 0.717) is 0 Å². The lowest BCUT2D eigenvalue weighted by Crippen LogP contribution is -1.96. The molecule has 1 aliphatic rings. The van der Waals surface area contributed by atoms with Gasteiger partial charge in [0.1, 0.15) is 28.5 Å². The second-order valence-corrected chi connectivity index (χ2v) is 13.4. The third-order valence-electron chi connectivity index (χ3n) is 10.4. The Hall–Kier alpha value is -7.24. The Bertz CT molecular complexity index is 3100. The van der Waals surface area contributed by atoms with E-state index in [2.05, 4.69) is 130 Å². The molecule has 5 heterocycles. The predicted octanol–water partition coefficient (Wildman–Crippen LogP) is 12.8. The van der Waals surface area contributed by atoms with E-state index in [1.807, 2.05) is 61.1 Å². The maximum atomic E-state index is 7.02. The van der Waals surface area contributed by atoms with E-state index in [1.165, 1.54) is 0 Å². The van der Waals surface area contributed by atoms with Gasteiger partial charge >= 0.3 is 0 Å². The fraction of sp³-hybridized carbons (Fsp3) is 0. The molecule has 5 nitrogen and oxygen atoms in total. The van der Waals surface area contributed by atoms with Crippen molar-refractivity contribution < 1.29 is 9.15 Å². The molecule has 0 aliphatic carbocycles. The van der Waals surface area contributed by atoms with Gasteiger partial charge in [0.2, 0.25) is 0 Å². The molecule has 4 aromatic heterocycles. The summed E-state index contributed by atoms with van der Waals surface area (Å²) in [5.74, 6) is 2.44. The second-order valence-electron chi connectivity index (χ2n) is 13.4. The Morgan fingerprint density at radius 3 is 2.15 bits per heavy atom. The molecule has 0 unspecified atom stereocenters. The van der Waals surface area contributed by atoms with E-state index < -0.39 is 0 Å². The Labute approximate surface area is 304 Å². The molecule has 0 bridgehead atoms. The average Bonchev–Trinajstić information content (AvgIpc) is 3.74. The third-order valence-corrected chi connectivity index (χ3v) is 10.4. The maximum absolute atomic E-state index is 7.02. The van der Waals surface area contributed by atoms with Crippen LogP contribution in [0.4, 0.5) is 0 Å². The Morgan fingerprint density at radius 2 is 1.23 bits per heavy atom. The number of pyridine rings is 2. The number of para-hydroxylation sites is 2. The van der Waals surface area contributed by atoms with Crippen molar-refractivity contribution in [2.24, 2.45) is 0 Å². The zero-order valence-corrected chi connectivity index (χ0v) is 28.4. The van der Waals surface area contributed by atoms with Gasteiger partial charge in [0.25, 0.3) is 0 Å². The van der Waals surface area contributed by atoms with Crippen LogP contribution in [-0.2, 0) is 0 Å². The molecular weight excluding hydrogens is 651 g/mol. The van der Waals surface area contributed by atoms with Gasteiger partial charge in [-0.25, -0.2) is 4.98 Å². The van der Waals surface area contributed by atoms with Crippen molar-refractivity contribution in [3.63, 3.8) is 0 Å². The second kappa shape index (κ2) is 11.7. The minimum absolute atomic E-state index is 0.766. The highest BCUT2D eigenvalue weighted by Gasteiger charge is 2.21. The van der Waals surface area contributed by atoms with E-state index in [9.17, 15) is 0 Å². The molecule has 0 fully saturated rings. The summed E-state index contributed by atoms with van der Waals surface area (Å²) in [7, 11) is 0. The molecular formula is C48H29N3O2. The van der Waals surface area contributed by atoms with Gasteiger partial charge in [-0.2, -0.15) is 0 Å². The molecule has 0 saturated heterocycles. The summed E-state index contributed by atoms with van der Waals surface area (Å²) >= 11 is 0. The van der Waals surface area contributed by atoms with Crippen molar-refractivity contribution in [2.75, 3.05) is 0 Å². The van der Waals surface area contributed by atoms with E-state index in [1.54, 1.807) is 0 Å². The first kappa shape index (κ1) is 29.5. The predicted molar refractivity (Wildman–Crippen MR) is 215 cm³/mol. The van der Waals surface area contributed by atoms with Crippen LogP contribution in [0.15, 0.2) is 169 Å². The number of hydrogen-bond donors (Lipinski definition) is 0. The van der Waals surface area contributed by atoms with Crippen molar-refractivity contribution >= 4 is 55.9 Å². The summed E-state index contributed by atoms with van der Waals surface area (Å²) in [6, 6.07) is 50.7. The average molecular weight is 680 g/mol. The molecule has 11 rings (SSSR count). The monoisotopic (exact) mass is 679 g/mol. The fourth-order valence-corrected chi connectivity index (χ4v) is 7.90. The molecule has 10 aromatic rings. The van der Waals surface area contributed by atoms with Crippen molar-refractivity contribution in [1.82, 2.24) is 14.5 Å². The van der Waals surface area contributed by atoms with Crippen molar-refractivity contribution in [1.29, 1.82) is 0 Å². The smallest absolute Gasteiger partial charge is 0.137 e. The molecule has 248 valence electrons. The lowest BCUT2D eigenvalue weighted by molar-refractivity contribution is 0.487. The molecule has 1 aliphatic heterocycles. The molecule has 0 spiro atoms. The molecule has 53 heavy (non-hydrogen) atoms. The van der Waals surface area contributed by atoms with E-state index in [-0.39, 0.29) is 0 Å².